The molecule has 1 saturated heterocycles. The van der Waals surface area contributed by atoms with E-state index in [2.05, 4.69) is 15.6 Å². The summed E-state index contributed by atoms with van der Waals surface area (Å²) in [6.45, 7) is 1.46. The third kappa shape index (κ3) is 6.03. The molecule has 1 saturated carbocycles. The monoisotopic (exact) mass is 623 g/mol. The van der Waals surface area contributed by atoms with Gasteiger partial charge in [-0.15, -0.1) is 5.10 Å². The van der Waals surface area contributed by atoms with Crippen LogP contribution in [0.4, 0.5) is 0 Å². The predicted octanol–water partition coefficient (Wildman–Crippen LogP) is 2.51. The molecule has 2 amide bonds. The lowest BCUT2D eigenvalue weighted by molar-refractivity contribution is -0.138. The van der Waals surface area contributed by atoms with E-state index in [1.807, 2.05) is 0 Å². The molecular weight excluding hydrogens is 586 g/mol. The highest BCUT2D eigenvalue weighted by atomic mass is 32.2. The average molecular weight is 624 g/mol. The molecule has 2 aliphatic heterocycles. The van der Waals surface area contributed by atoms with Crippen LogP contribution in [0.2, 0.25) is 0 Å². The van der Waals surface area contributed by atoms with E-state index >= 15 is 0 Å². The van der Waals surface area contributed by atoms with Gasteiger partial charge >= 0.3 is 0 Å². The molecule has 2 atom stereocenters. The van der Waals surface area contributed by atoms with Gasteiger partial charge in [-0.25, -0.2) is 13.1 Å². The van der Waals surface area contributed by atoms with Gasteiger partial charge in [0.25, 0.3) is 5.91 Å². The van der Waals surface area contributed by atoms with Gasteiger partial charge in [0, 0.05) is 24.9 Å². The zero-order chi connectivity index (χ0) is 30.9. The summed E-state index contributed by atoms with van der Waals surface area (Å²) in [4.78, 5) is 30.0. The molecule has 0 radical (unpaired) electrons. The summed E-state index contributed by atoms with van der Waals surface area (Å²) < 4.78 is 43.5. The Morgan fingerprint density at radius 2 is 1.86 bits per heavy atom. The summed E-state index contributed by atoms with van der Waals surface area (Å²) >= 11 is 0. The maximum Gasteiger partial charge on any atom is 0.251 e. The molecule has 1 aromatic heterocycles. The molecule has 12 nitrogen and oxygen atoms in total. The third-order valence-corrected chi connectivity index (χ3v) is 9.99. The number of ether oxygens (including phenoxy) is 3. The molecule has 1 aliphatic carbocycles. The van der Waals surface area contributed by atoms with Crippen LogP contribution in [0.3, 0.4) is 0 Å². The topological polar surface area (TPSA) is 142 Å². The first kappa shape index (κ1) is 30.1. The number of carbonyl (C=O) groups is 2. The summed E-state index contributed by atoms with van der Waals surface area (Å²) in [5, 5.41) is 11.5. The second kappa shape index (κ2) is 12.2. The van der Waals surface area contributed by atoms with Crippen molar-refractivity contribution >= 4 is 21.7 Å². The van der Waals surface area contributed by atoms with Gasteiger partial charge in [-0.05, 0) is 48.7 Å². The van der Waals surface area contributed by atoms with Crippen LogP contribution in [-0.4, -0.2) is 85.3 Å². The molecule has 44 heavy (non-hydrogen) atoms. The number of rotatable bonds is 4. The van der Waals surface area contributed by atoms with Crippen LogP contribution in [0.1, 0.15) is 53.7 Å². The second-order valence-corrected chi connectivity index (χ2v) is 13.8. The Labute approximate surface area is 256 Å². The zero-order valence-electron chi connectivity index (χ0n) is 24.9. The van der Waals surface area contributed by atoms with E-state index in [-0.39, 0.29) is 36.4 Å². The first-order valence-corrected chi connectivity index (χ1v) is 16.8. The Balaban J connectivity index is 1.29. The summed E-state index contributed by atoms with van der Waals surface area (Å²) in [6, 6.07) is 11.3. The minimum absolute atomic E-state index is 0.0323. The molecule has 0 unspecified atom stereocenters. The van der Waals surface area contributed by atoms with Crippen molar-refractivity contribution in [3.05, 3.63) is 65.5 Å². The largest absolute Gasteiger partial charge is 0.493 e. The average Bonchev–Trinajstić information content (AvgIpc) is 3.65. The van der Waals surface area contributed by atoms with Crippen LogP contribution in [0.5, 0.6) is 11.5 Å². The van der Waals surface area contributed by atoms with E-state index in [9.17, 15) is 18.0 Å². The highest BCUT2D eigenvalue weighted by molar-refractivity contribution is 7.90. The number of hydrogen-bond acceptors (Lipinski definition) is 9. The number of fused-ring (bicyclic) bond motifs is 5. The molecule has 2 fully saturated rings. The number of aromatic nitrogens is 3. The quantitative estimate of drug-likeness (QED) is 0.464. The van der Waals surface area contributed by atoms with Crippen molar-refractivity contribution < 1.29 is 32.2 Å². The first-order valence-electron chi connectivity index (χ1n) is 14.9. The number of hydrogen-bond donors (Lipinski definition) is 1. The molecule has 234 valence electrons. The van der Waals surface area contributed by atoms with Crippen molar-refractivity contribution in [3.8, 4) is 11.5 Å². The fourth-order valence-corrected chi connectivity index (χ4v) is 7.12. The SMILES string of the molecule is COc1ccc2cc1OCCn1cc(nn1)CO[C@H]1CN(C(=O)C3(c4ccc(S(C)(=O)=O)cc4)CCCCC3)C[C@@H]1NC2=O. The fraction of sp³-hybridized carbons (Fsp3) is 0.484. The zero-order valence-corrected chi connectivity index (χ0v) is 25.7. The third-order valence-electron chi connectivity index (χ3n) is 8.86. The van der Waals surface area contributed by atoms with Gasteiger partial charge in [0.15, 0.2) is 21.3 Å². The van der Waals surface area contributed by atoms with Gasteiger partial charge in [-0.1, -0.05) is 36.6 Å². The van der Waals surface area contributed by atoms with Crippen LogP contribution in [0, 0.1) is 0 Å². The van der Waals surface area contributed by atoms with Gasteiger partial charge in [0.1, 0.15) is 12.3 Å². The number of methoxy groups -OCH3 is 1. The van der Waals surface area contributed by atoms with Crippen molar-refractivity contribution in [3.63, 3.8) is 0 Å². The van der Waals surface area contributed by atoms with E-state index in [1.54, 1.807) is 65.4 Å². The molecule has 2 aromatic carbocycles. The smallest absolute Gasteiger partial charge is 0.251 e. The Morgan fingerprint density at radius 1 is 1.09 bits per heavy atom. The van der Waals surface area contributed by atoms with E-state index in [0.29, 0.717) is 48.7 Å². The van der Waals surface area contributed by atoms with E-state index < -0.39 is 27.4 Å². The highest BCUT2D eigenvalue weighted by Crippen LogP contribution is 2.42. The molecular formula is C31H37N5O7S. The Kier molecular flexibility index (Phi) is 8.34. The number of carbonyl (C=O) groups excluding carboxylic acids is 2. The van der Waals surface area contributed by atoms with Crippen molar-refractivity contribution in [1.29, 1.82) is 0 Å². The minimum Gasteiger partial charge on any atom is -0.493 e. The van der Waals surface area contributed by atoms with Crippen molar-refractivity contribution in [2.24, 2.45) is 0 Å². The van der Waals surface area contributed by atoms with E-state index in [0.717, 1.165) is 24.8 Å². The Bertz CT molecular complexity index is 1630. The summed E-state index contributed by atoms with van der Waals surface area (Å²) in [5.41, 5.74) is 1.06. The van der Waals surface area contributed by atoms with Crippen LogP contribution in [0.15, 0.2) is 53.6 Å². The van der Waals surface area contributed by atoms with Crippen molar-refractivity contribution in [2.75, 3.05) is 33.1 Å². The van der Waals surface area contributed by atoms with Crippen LogP contribution in [-0.2, 0) is 37.9 Å². The molecule has 6 rings (SSSR count). The van der Waals surface area contributed by atoms with Gasteiger partial charge in [-0.2, -0.15) is 0 Å². The molecule has 0 spiro atoms. The lowest BCUT2D eigenvalue weighted by atomic mass is 9.68. The molecule has 3 heterocycles. The molecule has 3 aliphatic rings. The first-order chi connectivity index (χ1) is 21.2. The van der Waals surface area contributed by atoms with E-state index in [1.165, 1.54) is 6.26 Å². The minimum atomic E-state index is -3.37. The van der Waals surface area contributed by atoms with Crippen LogP contribution < -0.4 is 14.8 Å². The maximum absolute atomic E-state index is 14.5. The van der Waals surface area contributed by atoms with Crippen LogP contribution >= 0.6 is 0 Å². The number of nitrogens with zero attached hydrogens (tertiary/aromatic N) is 4. The summed E-state index contributed by atoms with van der Waals surface area (Å²) in [5.74, 6) is 0.599. The standard InChI is InChI=1S/C31H37N5O7S/c1-41-26-11-6-21-16-27(26)42-15-14-36-17-23(33-34-36)20-43-28-19-35(18-25(28)32-29(21)37)30(38)31(12-4-3-5-13-31)22-7-9-24(10-8-22)44(2,39)40/h6-11,16-17,25,28H,3-5,12-15,18-20H2,1-2H3,(H,32,37)/t25-,28-/m0/s1. The molecule has 1 N–H and O–H groups in total. The van der Waals surface area contributed by atoms with Crippen LogP contribution in [0.25, 0.3) is 0 Å². The Morgan fingerprint density at radius 3 is 2.59 bits per heavy atom. The molecule has 13 heteroatoms. The maximum atomic E-state index is 14.5. The number of sulfone groups is 1. The van der Waals surface area contributed by atoms with Crippen molar-refractivity contribution in [2.45, 2.75) is 67.7 Å². The van der Waals surface area contributed by atoms with E-state index in [4.69, 9.17) is 14.2 Å². The van der Waals surface area contributed by atoms with Gasteiger partial charge in [-0.3, -0.25) is 9.59 Å². The number of amides is 2. The highest BCUT2D eigenvalue weighted by Gasteiger charge is 2.47. The number of nitrogens with one attached hydrogen (secondary N) is 1. The molecule has 3 aromatic rings. The summed E-state index contributed by atoms with van der Waals surface area (Å²) in [6.07, 6.45) is 6.64. The lowest BCUT2D eigenvalue weighted by Crippen LogP contribution is -2.48. The Hall–Kier alpha value is -3.97. The number of likely N-dealkylation sites (tertiary alicyclic amines) is 1. The summed E-state index contributed by atoms with van der Waals surface area (Å²) in [7, 11) is -1.82. The predicted molar refractivity (Wildman–Crippen MR) is 159 cm³/mol. The molecule has 4 bridgehead atoms. The fourth-order valence-electron chi connectivity index (χ4n) is 6.49. The van der Waals surface area contributed by atoms with Gasteiger partial charge in [0.2, 0.25) is 5.91 Å². The normalized spacial score (nSPS) is 22.1. The lowest BCUT2D eigenvalue weighted by Gasteiger charge is -2.39. The van der Waals surface area contributed by atoms with Crippen molar-refractivity contribution in [1.82, 2.24) is 25.2 Å². The van der Waals surface area contributed by atoms with Gasteiger partial charge in [0.05, 0.1) is 48.9 Å². The second-order valence-electron chi connectivity index (χ2n) is 11.8. The van der Waals surface area contributed by atoms with Gasteiger partial charge < -0.3 is 24.4 Å². The number of benzene rings is 2.